The highest BCUT2D eigenvalue weighted by molar-refractivity contribution is 5.95. The van der Waals surface area contributed by atoms with Crippen LogP contribution in [0.15, 0.2) is 42.5 Å². The highest BCUT2D eigenvalue weighted by Crippen LogP contribution is 2.37. The number of rotatable bonds is 6. The Balaban J connectivity index is 1.51. The number of methoxy groups -OCH3 is 1. The summed E-state index contributed by atoms with van der Waals surface area (Å²) in [5.41, 5.74) is 3.60. The molecule has 1 N–H and O–H groups in total. The summed E-state index contributed by atoms with van der Waals surface area (Å²) in [5.74, 6) is 2.78. The van der Waals surface area contributed by atoms with Gasteiger partial charge in [0.25, 0.3) is 0 Å². The van der Waals surface area contributed by atoms with Crippen molar-refractivity contribution in [3.8, 4) is 28.4 Å². The Labute approximate surface area is 169 Å². The summed E-state index contributed by atoms with van der Waals surface area (Å²) in [6.07, 6.45) is 0.943. The minimum Gasteiger partial charge on any atom is -0.496 e. The molecular formula is C22H23N3O4. The maximum absolute atomic E-state index is 12.7. The number of amides is 1. The van der Waals surface area contributed by atoms with Crippen LogP contribution in [0.1, 0.15) is 17.7 Å². The van der Waals surface area contributed by atoms with Gasteiger partial charge in [0.05, 0.1) is 18.4 Å². The van der Waals surface area contributed by atoms with Gasteiger partial charge in [-0.05, 0) is 37.1 Å². The molecule has 150 valence electrons. The van der Waals surface area contributed by atoms with E-state index in [0.717, 1.165) is 39.6 Å². The van der Waals surface area contributed by atoms with Crippen LogP contribution in [0.4, 0.5) is 5.82 Å². The van der Waals surface area contributed by atoms with E-state index in [1.165, 1.54) is 0 Å². The topological polar surface area (TPSA) is 74.6 Å². The normalized spacial score (nSPS) is 12.1. The Hall–Kier alpha value is -3.48. The van der Waals surface area contributed by atoms with Gasteiger partial charge in [-0.15, -0.1) is 0 Å². The number of nitrogens with one attached hydrogen (secondary N) is 1. The average Bonchev–Trinajstić information content (AvgIpc) is 3.30. The minimum absolute atomic E-state index is 0.0817. The first-order valence-electron chi connectivity index (χ1n) is 9.42. The first-order chi connectivity index (χ1) is 14.1. The Morgan fingerprint density at radius 3 is 2.83 bits per heavy atom. The molecule has 1 aliphatic rings. The Bertz CT molecular complexity index is 1060. The summed E-state index contributed by atoms with van der Waals surface area (Å²) in [7, 11) is 3.45. The molecule has 3 aromatic rings. The standard InChI is InChI=1S/C22H23N3O4/c1-14-21(16-6-4-5-7-17(16)27-3)22(25(2)24-14)23-20(26)11-9-15-8-10-18-19(12-15)29-13-28-18/h4-8,10,12H,9,11,13H2,1-3H3,(H,23,26). The molecule has 0 bridgehead atoms. The van der Waals surface area contributed by atoms with Crippen molar-refractivity contribution in [1.29, 1.82) is 0 Å². The van der Waals surface area contributed by atoms with E-state index in [0.29, 0.717) is 18.7 Å². The number of benzene rings is 2. The molecule has 1 aliphatic heterocycles. The van der Waals surface area contributed by atoms with Crippen LogP contribution < -0.4 is 19.5 Å². The molecule has 0 unspecified atom stereocenters. The van der Waals surface area contributed by atoms with Crippen LogP contribution in [-0.2, 0) is 18.3 Å². The Kier molecular flexibility index (Phi) is 5.12. The van der Waals surface area contributed by atoms with Gasteiger partial charge in [0.1, 0.15) is 11.6 Å². The lowest BCUT2D eigenvalue weighted by Crippen LogP contribution is -2.15. The predicted octanol–water partition coefficient (Wildman–Crippen LogP) is 3.70. The Morgan fingerprint density at radius 1 is 1.21 bits per heavy atom. The minimum atomic E-state index is -0.0817. The lowest BCUT2D eigenvalue weighted by molar-refractivity contribution is -0.116. The molecule has 0 fully saturated rings. The van der Waals surface area contributed by atoms with Crippen molar-refractivity contribution in [2.24, 2.45) is 7.05 Å². The number of aryl methyl sites for hydroxylation is 3. The fourth-order valence-corrected chi connectivity index (χ4v) is 3.52. The number of nitrogens with zero attached hydrogens (tertiary/aromatic N) is 2. The van der Waals surface area contributed by atoms with Gasteiger partial charge in [0.15, 0.2) is 11.5 Å². The van der Waals surface area contributed by atoms with Crippen molar-refractivity contribution >= 4 is 11.7 Å². The third kappa shape index (κ3) is 3.76. The van der Waals surface area contributed by atoms with Crippen molar-refractivity contribution in [3.05, 3.63) is 53.7 Å². The van der Waals surface area contributed by atoms with Gasteiger partial charge < -0.3 is 19.5 Å². The van der Waals surface area contributed by atoms with Crippen molar-refractivity contribution in [2.45, 2.75) is 19.8 Å². The first kappa shape index (κ1) is 18.9. The lowest BCUT2D eigenvalue weighted by atomic mass is 10.0. The summed E-state index contributed by atoms with van der Waals surface area (Å²) >= 11 is 0. The average molecular weight is 393 g/mol. The van der Waals surface area contributed by atoms with Crippen molar-refractivity contribution in [2.75, 3.05) is 19.2 Å². The third-order valence-electron chi connectivity index (χ3n) is 4.93. The zero-order valence-corrected chi connectivity index (χ0v) is 16.7. The van der Waals surface area contributed by atoms with Crippen LogP contribution in [0, 0.1) is 6.92 Å². The van der Waals surface area contributed by atoms with Gasteiger partial charge in [-0.3, -0.25) is 9.48 Å². The highest BCUT2D eigenvalue weighted by Gasteiger charge is 2.20. The van der Waals surface area contributed by atoms with Crippen LogP contribution in [0.3, 0.4) is 0 Å². The molecule has 0 radical (unpaired) electrons. The maximum atomic E-state index is 12.7. The lowest BCUT2D eigenvalue weighted by Gasteiger charge is -2.12. The van der Waals surface area contributed by atoms with Crippen molar-refractivity contribution < 1.29 is 19.0 Å². The van der Waals surface area contributed by atoms with E-state index in [2.05, 4.69) is 10.4 Å². The van der Waals surface area contributed by atoms with E-state index in [-0.39, 0.29) is 12.7 Å². The number of hydrogen-bond donors (Lipinski definition) is 1. The van der Waals surface area contributed by atoms with E-state index >= 15 is 0 Å². The molecule has 7 nitrogen and oxygen atoms in total. The molecular weight excluding hydrogens is 370 g/mol. The molecule has 0 aliphatic carbocycles. The third-order valence-corrected chi connectivity index (χ3v) is 4.93. The summed E-state index contributed by atoms with van der Waals surface area (Å²) in [6, 6.07) is 13.5. The van der Waals surface area contributed by atoms with E-state index in [4.69, 9.17) is 14.2 Å². The number of ether oxygens (including phenoxy) is 3. The number of para-hydroxylation sites is 1. The molecule has 0 spiro atoms. The van der Waals surface area contributed by atoms with Crippen molar-refractivity contribution in [3.63, 3.8) is 0 Å². The predicted molar refractivity (Wildman–Crippen MR) is 109 cm³/mol. The maximum Gasteiger partial charge on any atom is 0.231 e. The summed E-state index contributed by atoms with van der Waals surface area (Å²) in [4.78, 5) is 12.7. The Morgan fingerprint density at radius 2 is 2.00 bits per heavy atom. The smallest absolute Gasteiger partial charge is 0.231 e. The number of aromatic nitrogens is 2. The van der Waals surface area contributed by atoms with Crippen LogP contribution in [0.5, 0.6) is 17.2 Å². The SMILES string of the molecule is COc1ccccc1-c1c(C)nn(C)c1NC(=O)CCc1ccc2c(c1)OCO2. The number of carbonyl (C=O) groups excluding carboxylic acids is 1. The second kappa shape index (κ2) is 7.87. The van der Waals surface area contributed by atoms with Gasteiger partial charge in [0.2, 0.25) is 12.7 Å². The molecule has 0 atom stereocenters. The highest BCUT2D eigenvalue weighted by atomic mass is 16.7. The largest absolute Gasteiger partial charge is 0.496 e. The van der Waals surface area contributed by atoms with Gasteiger partial charge >= 0.3 is 0 Å². The molecule has 0 saturated carbocycles. The van der Waals surface area contributed by atoms with Crippen LogP contribution in [0.25, 0.3) is 11.1 Å². The van der Waals surface area contributed by atoms with Crippen LogP contribution >= 0.6 is 0 Å². The van der Waals surface area contributed by atoms with Gasteiger partial charge in [-0.2, -0.15) is 5.10 Å². The molecule has 0 saturated heterocycles. The number of fused-ring (bicyclic) bond motifs is 1. The zero-order chi connectivity index (χ0) is 20.4. The fraction of sp³-hybridized carbons (Fsp3) is 0.273. The van der Waals surface area contributed by atoms with E-state index < -0.39 is 0 Å². The number of hydrogen-bond acceptors (Lipinski definition) is 5. The number of anilines is 1. The van der Waals surface area contributed by atoms with E-state index in [9.17, 15) is 4.79 Å². The monoisotopic (exact) mass is 393 g/mol. The molecule has 4 rings (SSSR count). The number of carbonyl (C=O) groups is 1. The zero-order valence-electron chi connectivity index (χ0n) is 16.7. The second-order valence-corrected chi connectivity index (χ2v) is 6.87. The van der Waals surface area contributed by atoms with Gasteiger partial charge in [0, 0.05) is 19.0 Å². The summed E-state index contributed by atoms with van der Waals surface area (Å²) in [5, 5.41) is 7.51. The molecule has 1 amide bonds. The van der Waals surface area contributed by atoms with Crippen molar-refractivity contribution in [1.82, 2.24) is 9.78 Å². The van der Waals surface area contributed by atoms with Crippen LogP contribution in [-0.4, -0.2) is 29.6 Å². The van der Waals surface area contributed by atoms with E-state index in [1.54, 1.807) is 11.8 Å². The summed E-state index contributed by atoms with van der Waals surface area (Å²) < 4.78 is 17.9. The fourth-order valence-electron chi connectivity index (χ4n) is 3.52. The van der Waals surface area contributed by atoms with E-state index in [1.807, 2.05) is 56.4 Å². The first-order valence-corrected chi connectivity index (χ1v) is 9.42. The molecule has 2 heterocycles. The van der Waals surface area contributed by atoms with Gasteiger partial charge in [-0.25, -0.2) is 0 Å². The second-order valence-electron chi connectivity index (χ2n) is 6.87. The molecule has 2 aromatic carbocycles. The molecule has 1 aromatic heterocycles. The quantitative estimate of drug-likeness (QED) is 0.691. The molecule has 7 heteroatoms. The summed E-state index contributed by atoms with van der Waals surface area (Å²) in [6.45, 7) is 2.16. The van der Waals surface area contributed by atoms with Crippen LogP contribution in [0.2, 0.25) is 0 Å². The van der Waals surface area contributed by atoms with Gasteiger partial charge in [-0.1, -0.05) is 24.3 Å². The molecule has 29 heavy (non-hydrogen) atoms.